The van der Waals surface area contributed by atoms with E-state index in [4.69, 9.17) is 5.73 Å². The molecule has 88 valence electrons. The maximum Gasteiger partial charge on any atom is 0.122 e. The predicted molar refractivity (Wildman–Crippen MR) is 66.8 cm³/mol. The third-order valence-corrected chi connectivity index (χ3v) is 2.74. The molecule has 0 aliphatic rings. The molecular formula is C14H15NO2. The molecule has 2 rings (SSSR count). The Labute approximate surface area is 100 Å². The van der Waals surface area contributed by atoms with Crippen LogP contribution in [0.4, 0.5) is 0 Å². The lowest BCUT2D eigenvalue weighted by molar-refractivity contribution is 0.444. The van der Waals surface area contributed by atoms with Gasteiger partial charge in [0.15, 0.2) is 0 Å². The average Bonchev–Trinajstić information content (AvgIpc) is 2.34. The first kappa shape index (κ1) is 11.5. The van der Waals surface area contributed by atoms with Crippen LogP contribution < -0.4 is 5.73 Å². The number of rotatable bonds is 3. The van der Waals surface area contributed by atoms with Gasteiger partial charge < -0.3 is 15.9 Å². The second kappa shape index (κ2) is 4.89. The zero-order valence-electron chi connectivity index (χ0n) is 9.38. The van der Waals surface area contributed by atoms with Crippen LogP contribution in [0.25, 0.3) is 0 Å². The van der Waals surface area contributed by atoms with E-state index in [1.54, 1.807) is 12.1 Å². The van der Waals surface area contributed by atoms with Crippen molar-refractivity contribution in [2.45, 2.75) is 12.5 Å². The van der Waals surface area contributed by atoms with Gasteiger partial charge in [0, 0.05) is 12.1 Å². The van der Waals surface area contributed by atoms with Crippen molar-refractivity contribution in [1.82, 2.24) is 0 Å². The summed E-state index contributed by atoms with van der Waals surface area (Å²) in [4.78, 5) is 0. The van der Waals surface area contributed by atoms with Gasteiger partial charge in [-0.05, 0) is 23.6 Å². The van der Waals surface area contributed by atoms with Gasteiger partial charge in [-0.25, -0.2) is 0 Å². The van der Waals surface area contributed by atoms with Crippen LogP contribution in [0.2, 0.25) is 0 Å². The lowest BCUT2D eigenvalue weighted by atomic mass is 9.99. The van der Waals surface area contributed by atoms with E-state index in [-0.39, 0.29) is 17.5 Å². The summed E-state index contributed by atoms with van der Waals surface area (Å²) in [5.41, 5.74) is 7.82. The van der Waals surface area contributed by atoms with Crippen LogP contribution in [0.15, 0.2) is 48.5 Å². The highest BCUT2D eigenvalue weighted by Crippen LogP contribution is 2.26. The molecule has 17 heavy (non-hydrogen) atoms. The van der Waals surface area contributed by atoms with Crippen molar-refractivity contribution >= 4 is 0 Å². The van der Waals surface area contributed by atoms with Crippen LogP contribution in [0, 0.1) is 0 Å². The molecular weight excluding hydrogens is 214 g/mol. The molecule has 0 radical (unpaired) electrons. The molecule has 4 N–H and O–H groups in total. The number of hydrogen-bond donors (Lipinski definition) is 3. The molecule has 0 saturated carbocycles. The van der Waals surface area contributed by atoms with E-state index >= 15 is 0 Å². The minimum absolute atomic E-state index is 0.0551. The predicted octanol–water partition coefficient (Wildman–Crippen LogP) is 2.34. The molecule has 0 aromatic heterocycles. The summed E-state index contributed by atoms with van der Waals surface area (Å²) in [6.07, 6.45) is 0.538. The van der Waals surface area contributed by atoms with Crippen LogP contribution in [0.5, 0.6) is 11.5 Å². The van der Waals surface area contributed by atoms with Gasteiger partial charge >= 0.3 is 0 Å². The maximum absolute atomic E-state index is 9.67. The van der Waals surface area contributed by atoms with Crippen LogP contribution in [-0.2, 0) is 6.42 Å². The second-order valence-electron chi connectivity index (χ2n) is 4.03. The van der Waals surface area contributed by atoms with Gasteiger partial charge in [-0.3, -0.25) is 0 Å². The molecule has 2 aromatic rings. The van der Waals surface area contributed by atoms with Gasteiger partial charge in [0.25, 0.3) is 0 Å². The summed E-state index contributed by atoms with van der Waals surface area (Å²) in [6.45, 7) is 0. The smallest absolute Gasteiger partial charge is 0.122 e. The van der Waals surface area contributed by atoms with Gasteiger partial charge in [-0.15, -0.1) is 0 Å². The fraction of sp³-hybridized carbons (Fsp3) is 0.143. The number of nitrogens with two attached hydrogens (primary N) is 1. The number of benzene rings is 2. The van der Waals surface area contributed by atoms with E-state index < -0.39 is 0 Å². The Bertz CT molecular complexity index is 497. The van der Waals surface area contributed by atoms with Crippen molar-refractivity contribution in [2.24, 2.45) is 5.73 Å². The van der Waals surface area contributed by atoms with Crippen molar-refractivity contribution in [1.29, 1.82) is 0 Å². The fourth-order valence-electron chi connectivity index (χ4n) is 1.78. The molecule has 2 aromatic carbocycles. The SMILES string of the molecule is NC(Cc1ccc(O)cc1O)c1ccccc1. The van der Waals surface area contributed by atoms with Crippen LogP contribution in [-0.4, -0.2) is 10.2 Å². The minimum atomic E-state index is -0.161. The summed E-state index contributed by atoms with van der Waals surface area (Å²) in [7, 11) is 0. The number of phenols is 2. The topological polar surface area (TPSA) is 66.5 Å². The van der Waals surface area contributed by atoms with E-state index in [2.05, 4.69) is 0 Å². The Kier molecular flexibility index (Phi) is 3.30. The minimum Gasteiger partial charge on any atom is -0.508 e. The first-order valence-corrected chi connectivity index (χ1v) is 5.48. The number of aromatic hydroxyl groups is 2. The highest BCUT2D eigenvalue weighted by Gasteiger charge is 2.10. The molecule has 0 aliphatic heterocycles. The summed E-state index contributed by atoms with van der Waals surface area (Å²) in [6, 6.07) is 14.1. The summed E-state index contributed by atoms with van der Waals surface area (Å²) < 4.78 is 0. The molecule has 3 heteroatoms. The molecule has 0 saturated heterocycles. The normalized spacial score (nSPS) is 12.3. The van der Waals surface area contributed by atoms with E-state index in [1.165, 1.54) is 6.07 Å². The first-order chi connectivity index (χ1) is 8.16. The highest BCUT2D eigenvalue weighted by molar-refractivity contribution is 5.40. The lowest BCUT2D eigenvalue weighted by Crippen LogP contribution is -2.13. The van der Waals surface area contributed by atoms with Crippen LogP contribution in [0.1, 0.15) is 17.2 Å². The van der Waals surface area contributed by atoms with Crippen LogP contribution >= 0.6 is 0 Å². The van der Waals surface area contributed by atoms with Crippen molar-refractivity contribution in [3.05, 3.63) is 59.7 Å². The third kappa shape index (κ3) is 2.77. The largest absolute Gasteiger partial charge is 0.508 e. The Morgan fingerprint density at radius 2 is 1.71 bits per heavy atom. The molecule has 0 spiro atoms. The first-order valence-electron chi connectivity index (χ1n) is 5.48. The lowest BCUT2D eigenvalue weighted by Gasteiger charge is -2.13. The quantitative estimate of drug-likeness (QED) is 0.756. The van der Waals surface area contributed by atoms with Gasteiger partial charge in [-0.1, -0.05) is 36.4 Å². The van der Waals surface area contributed by atoms with Gasteiger partial charge in [0.1, 0.15) is 11.5 Å². The summed E-state index contributed by atoms with van der Waals surface area (Å²) in [5.74, 6) is 0.135. The average molecular weight is 229 g/mol. The second-order valence-corrected chi connectivity index (χ2v) is 4.03. The fourth-order valence-corrected chi connectivity index (χ4v) is 1.78. The van der Waals surface area contributed by atoms with E-state index in [0.717, 1.165) is 11.1 Å². The van der Waals surface area contributed by atoms with Gasteiger partial charge in [-0.2, -0.15) is 0 Å². The summed E-state index contributed by atoms with van der Waals surface area (Å²) in [5, 5.41) is 18.9. The van der Waals surface area contributed by atoms with Crippen molar-refractivity contribution in [3.8, 4) is 11.5 Å². The molecule has 0 amide bonds. The Hall–Kier alpha value is -2.00. The Balaban J connectivity index is 2.16. The van der Waals surface area contributed by atoms with Crippen molar-refractivity contribution in [3.63, 3.8) is 0 Å². The molecule has 0 aliphatic carbocycles. The van der Waals surface area contributed by atoms with Gasteiger partial charge in [0.05, 0.1) is 0 Å². The highest BCUT2D eigenvalue weighted by atomic mass is 16.3. The molecule has 3 nitrogen and oxygen atoms in total. The number of phenolic OH excluding ortho intramolecular Hbond substituents is 2. The zero-order chi connectivity index (χ0) is 12.3. The molecule has 0 heterocycles. The number of hydrogen-bond acceptors (Lipinski definition) is 3. The standard InChI is InChI=1S/C14H15NO2/c15-13(10-4-2-1-3-5-10)8-11-6-7-12(16)9-14(11)17/h1-7,9,13,16-17H,8,15H2. The van der Waals surface area contributed by atoms with E-state index in [9.17, 15) is 10.2 Å². The summed E-state index contributed by atoms with van der Waals surface area (Å²) >= 11 is 0. The zero-order valence-corrected chi connectivity index (χ0v) is 9.38. The van der Waals surface area contributed by atoms with Crippen molar-refractivity contribution < 1.29 is 10.2 Å². The van der Waals surface area contributed by atoms with E-state index in [0.29, 0.717) is 6.42 Å². The molecule has 0 bridgehead atoms. The van der Waals surface area contributed by atoms with E-state index in [1.807, 2.05) is 30.3 Å². The third-order valence-electron chi connectivity index (χ3n) is 2.74. The Morgan fingerprint density at radius 3 is 2.35 bits per heavy atom. The van der Waals surface area contributed by atoms with Crippen LogP contribution in [0.3, 0.4) is 0 Å². The molecule has 1 unspecified atom stereocenters. The van der Waals surface area contributed by atoms with Gasteiger partial charge in [0.2, 0.25) is 0 Å². The molecule has 1 atom stereocenters. The van der Waals surface area contributed by atoms with Crippen molar-refractivity contribution in [2.75, 3.05) is 0 Å². The Morgan fingerprint density at radius 1 is 1.00 bits per heavy atom. The monoisotopic (exact) mass is 229 g/mol. The maximum atomic E-state index is 9.67. The molecule has 0 fully saturated rings.